The second-order valence-electron chi connectivity index (χ2n) is 4.18. The van der Waals surface area contributed by atoms with E-state index in [1.165, 1.54) is 7.11 Å². The lowest BCUT2D eigenvalue weighted by molar-refractivity contribution is -0.121. The Morgan fingerprint density at radius 3 is 2.80 bits per heavy atom. The van der Waals surface area contributed by atoms with Crippen LogP contribution in [-0.2, 0) is 9.53 Å². The highest BCUT2D eigenvalue weighted by atomic mass is 16.5. The highest BCUT2D eigenvalue weighted by Gasteiger charge is 2.14. The highest BCUT2D eigenvalue weighted by molar-refractivity contribution is 5.84. The minimum atomic E-state index is -0.423. The van der Waals surface area contributed by atoms with Crippen LogP contribution in [0.25, 0.3) is 0 Å². The molecular formula is C14H19N3O3. The molecule has 1 atom stereocenters. The molecule has 20 heavy (non-hydrogen) atoms. The third-order valence-corrected chi connectivity index (χ3v) is 2.70. The quantitative estimate of drug-likeness (QED) is 0.730. The Morgan fingerprint density at radius 2 is 2.20 bits per heavy atom. The van der Waals surface area contributed by atoms with Crippen molar-refractivity contribution in [2.45, 2.75) is 13.0 Å². The first kappa shape index (κ1) is 15.8. The maximum Gasteiger partial charge on any atom is 0.242 e. The van der Waals surface area contributed by atoms with Crippen molar-refractivity contribution in [3.05, 3.63) is 23.8 Å². The summed E-state index contributed by atoms with van der Waals surface area (Å²) in [7, 11) is 3.10. The predicted molar refractivity (Wildman–Crippen MR) is 75.7 cm³/mol. The monoisotopic (exact) mass is 277 g/mol. The number of carbonyl (C=O) groups is 1. The summed E-state index contributed by atoms with van der Waals surface area (Å²) in [5, 5.41) is 14.6. The summed E-state index contributed by atoms with van der Waals surface area (Å²) in [6, 6.07) is 6.62. The van der Waals surface area contributed by atoms with Crippen molar-refractivity contribution in [3.8, 4) is 11.8 Å². The van der Waals surface area contributed by atoms with Crippen molar-refractivity contribution in [2.75, 3.05) is 32.7 Å². The largest absolute Gasteiger partial charge is 0.495 e. The van der Waals surface area contributed by atoms with Crippen LogP contribution in [0.1, 0.15) is 12.5 Å². The lowest BCUT2D eigenvalue weighted by Gasteiger charge is -2.17. The Hall–Kier alpha value is -2.26. The van der Waals surface area contributed by atoms with Crippen LogP contribution in [0.5, 0.6) is 5.75 Å². The summed E-state index contributed by atoms with van der Waals surface area (Å²) in [6.07, 6.45) is 0. The summed E-state index contributed by atoms with van der Waals surface area (Å²) in [5.74, 6) is 0.397. The SMILES string of the molecule is COCCNC(=O)C(C)Nc1ccc(C#N)cc1OC. The normalized spacial score (nSPS) is 11.3. The number of anilines is 1. The maximum atomic E-state index is 11.8. The van der Waals surface area contributed by atoms with Crippen molar-refractivity contribution in [1.29, 1.82) is 5.26 Å². The summed E-state index contributed by atoms with van der Waals surface area (Å²) in [5.41, 5.74) is 1.17. The van der Waals surface area contributed by atoms with Gasteiger partial charge < -0.3 is 20.1 Å². The Bertz CT molecular complexity index is 497. The molecule has 0 spiro atoms. The second kappa shape index (κ2) is 8.02. The molecule has 6 heteroatoms. The number of nitrogens with one attached hydrogen (secondary N) is 2. The molecule has 0 aliphatic heterocycles. The average Bonchev–Trinajstić information content (AvgIpc) is 2.47. The second-order valence-corrected chi connectivity index (χ2v) is 4.18. The molecule has 2 N–H and O–H groups in total. The van der Waals surface area contributed by atoms with Gasteiger partial charge in [0.1, 0.15) is 11.8 Å². The van der Waals surface area contributed by atoms with Gasteiger partial charge in [0.2, 0.25) is 5.91 Å². The summed E-state index contributed by atoms with van der Waals surface area (Å²) < 4.78 is 10.1. The van der Waals surface area contributed by atoms with E-state index in [-0.39, 0.29) is 5.91 Å². The zero-order valence-corrected chi connectivity index (χ0v) is 11.9. The molecule has 1 unspecified atom stereocenters. The number of benzene rings is 1. The maximum absolute atomic E-state index is 11.8. The van der Waals surface area contributed by atoms with E-state index in [4.69, 9.17) is 14.7 Å². The predicted octanol–water partition coefficient (Wildman–Crippen LogP) is 1.13. The van der Waals surface area contributed by atoms with Gasteiger partial charge in [-0.1, -0.05) is 0 Å². The Balaban J connectivity index is 2.68. The van der Waals surface area contributed by atoms with Crippen molar-refractivity contribution in [3.63, 3.8) is 0 Å². The van der Waals surface area contributed by atoms with Crippen LogP contribution in [0.15, 0.2) is 18.2 Å². The van der Waals surface area contributed by atoms with Crippen LogP contribution < -0.4 is 15.4 Å². The topological polar surface area (TPSA) is 83.4 Å². The first-order chi connectivity index (χ1) is 9.62. The molecule has 6 nitrogen and oxygen atoms in total. The van der Waals surface area contributed by atoms with Crippen LogP contribution in [-0.4, -0.2) is 39.3 Å². The van der Waals surface area contributed by atoms with E-state index >= 15 is 0 Å². The number of hydrogen-bond acceptors (Lipinski definition) is 5. The van der Waals surface area contributed by atoms with Crippen molar-refractivity contribution < 1.29 is 14.3 Å². The number of amides is 1. The van der Waals surface area contributed by atoms with Gasteiger partial charge in [0.25, 0.3) is 0 Å². The first-order valence-corrected chi connectivity index (χ1v) is 6.23. The van der Waals surface area contributed by atoms with E-state index in [0.717, 1.165) is 0 Å². The van der Waals surface area contributed by atoms with E-state index in [9.17, 15) is 4.79 Å². The zero-order valence-electron chi connectivity index (χ0n) is 11.9. The molecule has 1 rings (SSSR count). The Kier molecular flexibility index (Phi) is 6.33. The van der Waals surface area contributed by atoms with E-state index in [0.29, 0.717) is 30.2 Å². The molecule has 0 radical (unpaired) electrons. The van der Waals surface area contributed by atoms with E-state index in [1.807, 2.05) is 6.07 Å². The number of methoxy groups -OCH3 is 2. The van der Waals surface area contributed by atoms with Gasteiger partial charge in [-0.15, -0.1) is 0 Å². The molecule has 0 saturated heterocycles. The van der Waals surface area contributed by atoms with Crippen LogP contribution >= 0.6 is 0 Å². The van der Waals surface area contributed by atoms with Gasteiger partial charge in [-0.3, -0.25) is 4.79 Å². The third-order valence-electron chi connectivity index (χ3n) is 2.70. The van der Waals surface area contributed by atoms with Gasteiger partial charge in [-0.05, 0) is 19.1 Å². The molecule has 1 aromatic carbocycles. The van der Waals surface area contributed by atoms with E-state index < -0.39 is 6.04 Å². The molecule has 108 valence electrons. The van der Waals surface area contributed by atoms with Crippen molar-refractivity contribution >= 4 is 11.6 Å². The van der Waals surface area contributed by atoms with Crippen molar-refractivity contribution in [1.82, 2.24) is 5.32 Å². The molecule has 0 aromatic heterocycles. The molecule has 0 fully saturated rings. The molecule has 1 amide bonds. The summed E-state index contributed by atoms with van der Waals surface area (Å²) in [6.45, 7) is 2.68. The minimum Gasteiger partial charge on any atom is -0.495 e. The number of nitrogens with zero attached hydrogens (tertiary/aromatic N) is 1. The third kappa shape index (κ3) is 4.44. The number of nitriles is 1. The van der Waals surface area contributed by atoms with Gasteiger partial charge in [-0.25, -0.2) is 0 Å². The highest BCUT2D eigenvalue weighted by Crippen LogP contribution is 2.25. The number of rotatable bonds is 7. The fraction of sp³-hybridized carbons (Fsp3) is 0.429. The molecule has 0 heterocycles. The number of carbonyl (C=O) groups excluding carboxylic acids is 1. The van der Waals surface area contributed by atoms with Gasteiger partial charge >= 0.3 is 0 Å². The van der Waals surface area contributed by atoms with Gasteiger partial charge in [0.05, 0.1) is 31.0 Å². The minimum absolute atomic E-state index is 0.131. The summed E-state index contributed by atoms with van der Waals surface area (Å²) >= 11 is 0. The fourth-order valence-corrected chi connectivity index (χ4v) is 1.61. The fourth-order valence-electron chi connectivity index (χ4n) is 1.61. The van der Waals surface area contributed by atoms with Crippen molar-refractivity contribution in [2.24, 2.45) is 0 Å². The Morgan fingerprint density at radius 1 is 1.45 bits per heavy atom. The van der Waals surface area contributed by atoms with Crippen LogP contribution in [0, 0.1) is 11.3 Å². The van der Waals surface area contributed by atoms with Gasteiger partial charge in [-0.2, -0.15) is 5.26 Å². The lowest BCUT2D eigenvalue weighted by Crippen LogP contribution is -2.39. The molecule has 1 aromatic rings. The zero-order chi connectivity index (χ0) is 15.0. The molecule has 0 saturated carbocycles. The standard InChI is InChI=1S/C14H19N3O3/c1-10(14(18)16-6-7-19-2)17-12-5-4-11(9-15)8-13(12)20-3/h4-5,8,10,17H,6-7H2,1-3H3,(H,16,18). The van der Waals surface area contributed by atoms with Crippen LogP contribution in [0.2, 0.25) is 0 Å². The molecule has 0 bridgehead atoms. The smallest absolute Gasteiger partial charge is 0.242 e. The van der Waals surface area contributed by atoms with Gasteiger partial charge in [0.15, 0.2) is 0 Å². The van der Waals surface area contributed by atoms with Crippen LogP contribution in [0.3, 0.4) is 0 Å². The average molecular weight is 277 g/mol. The van der Waals surface area contributed by atoms with Crippen LogP contribution in [0.4, 0.5) is 5.69 Å². The number of hydrogen-bond donors (Lipinski definition) is 2. The summed E-state index contributed by atoms with van der Waals surface area (Å²) in [4.78, 5) is 11.8. The first-order valence-electron chi connectivity index (χ1n) is 6.23. The number of ether oxygens (including phenoxy) is 2. The lowest BCUT2D eigenvalue weighted by atomic mass is 10.2. The molecular weight excluding hydrogens is 258 g/mol. The molecule has 0 aliphatic carbocycles. The van der Waals surface area contributed by atoms with E-state index in [1.54, 1.807) is 32.2 Å². The Labute approximate surface area is 118 Å². The van der Waals surface area contributed by atoms with Gasteiger partial charge in [0, 0.05) is 19.7 Å². The molecule has 0 aliphatic rings. The van der Waals surface area contributed by atoms with E-state index in [2.05, 4.69) is 10.6 Å².